The molecule has 100 valence electrons. The zero-order chi connectivity index (χ0) is 13.5. The lowest BCUT2D eigenvalue weighted by molar-refractivity contribution is -0.117. The van der Waals surface area contributed by atoms with E-state index in [4.69, 9.17) is 0 Å². The molecule has 0 spiro atoms. The maximum atomic E-state index is 11.9. The standard InChI is InChI=1S/C15H24N2O/c1-5-6-7-17(4)11-15(18)16-14-9-12(2)8-13(3)10-14/h8-10H,5-7,11H2,1-4H3,(H,16,18). The fraction of sp³-hybridized carbons (Fsp3) is 0.533. The Balaban J connectivity index is 2.48. The molecule has 0 saturated heterocycles. The third-order valence-electron chi connectivity index (χ3n) is 2.81. The van der Waals surface area contributed by atoms with E-state index in [1.54, 1.807) is 0 Å². The van der Waals surface area contributed by atoms with E-state index in [0.717, 1.165) is 25.1 Å². The van der Waals surface area contributed by atoms with Crippen LogP contribution in [0.25, 0.3) is 0 Å². The van der Waals surface area contributed by atoms with Crippen LogP contribution in [0.3, 0.4) is 0 Å². The summed E-state index contributed by atoms with van der Waals surface area (Å²) in [5, 5.41) is 2.95. The Hall–Kier alpha value is -1.35. The normalized spacial score (nSPS) is 10.7. The van der Waals surface area contributed by atoms with Crippen molar-refractivity contribution in [1.82, 2.24) is 4.90 Å². The van der Waals surface area contributed by atoms with Crippen molar-refractivity contribution in [2.75, 3.05) is 25.5 Å². The molecule has 1 N–H and O–H groups in total. The van der Waals surface area contributed by atoms with Crippen LogP contribution in [0.2, 0.25) is 0 Å². The van der Waals surface area contributed by atoms with E-state index in [-0.39, 0.29) is 5.91 Å². The van der Waals surface area contributed by atoms with Gasteiger partial charge in [-0.15, -0.1) is 0 Å². The first kappa shape index (κ1) is 14.7. The zero-order valence-electron chi connectivity index (χ0n) is 11.9. The average molecular weight is 248 g/mol. The van der Waals surface area contributed by atoms with Gasteiger partial charge >= 0.3 is 0 Å². The van der Waals surface area contributed by atoms with Gasteiger partial charge in [0, 0.05) is 5.69 Å². The molecule has 3 nitrogen and oxygen atoms in total. The number of hydrogen-bond acceptors (Lipinski definition) is 2. The van der Waals surface area contributed by atoms with Crippen LogP contribution in [0.1, 0.15) is 30.9 Å². The summed E-state index contributed by atoms with van der Waals surface area (Å²) < 4.78 is 0. The number of carbonyl (C=O) groups excluding carboxylic acids is 1. The lowest BCUT2D eigenvalue weighted by atomic mass is 10.1. The summed E-state index contributed by atoms with van der Waals surface area (Å²) in [6.07, 6.45) is 2.29. The van der Waals surface area contributed by atoms with Gasteiger partial charge in [0.25, 0.3) is 0 Å². The molecule has 0 aromatic heterocycles. The summed E-state index contributed by atoms with van der Waals surface area (Å²) in [5.41, 5.74) is 3.23. The number of anilines is 1. The van der Waals surface area contributed by atoms with E-state index >= 15 is 0 Å². The van der Waals surface area contributed by atoms with Gasteiger partial charge in [-0.05, 0) is 57.1 Å². The number of aryl methyl sites for hydroxylation is 2. The van der Waals surface area contributed by atoms with Gasteiger partial charge < -0.3 is 5.32 Å². The maximum absolute atomic E-state index is 11.9. The lowest BCUT2D eigenvalue weighted by Crippen LogP contribution is -2.30. The molecule has 0 heterocycles. The first-order chi connectivity index (χ1) is 8.51. The molecule has 0 radical (unpaired) electrons. The van der Waals surface area contributed by atoms with Crippen LogP contribution in [0, 0.1) is 13.8 Å². The molecule has 0 saturated carbocycles. The SMILES string of the molecule is CCCCN(C)CC(=O)Nc1cc(C)cc(C)c1. The van der Waals surface area contributed by atoms with Crippen molar-refractivity contribution in [2.24, 2.45) is 0 Å². The Morgan fingerprint density at radius 3 is 2.39 bits per heavy atom. The molecule has 0 aliphatic rings. The minimum atomic E-state index is 0.0543. The van der Waals surface area contributed by atoms with E-state index in [1.807, 2.05) is 33.0 Å². The van der Waals surface area contributed by atoms with Gasteiger partial charge in [0.1, 0.15) is 0 Å². The van der Waals surface area contributed by atoms with Crippen LogP contribution in [0.5, 0.6) is 0 Å². The number of unbranched alkanes of at least 4 members (excludes halogenated alkanes) is 1. The monoisotopic (exact) mass is 248 g/mol. The highest BCUT2D eigenvalue weighted by Gasteiger charge is 2.06. The van der Waals surface area contributed by atoms with Gasteiger partial charge in [0.15, 0.2) is 0 Å². The summed E-state index contributed by atoms with van der Waals surface area (Å²) in [5.74, 6) is 0.0543. The van der Waals surface area contributed by atoms with E-state index in [2.05, 4.69) is 23.2 Å². The molecular weight excluding hydrogens is 224 g/mol. The van der Waals surface area contributed by atoms with Crippen molar-refractivity contribution in [1.29, 1.82) is 0 Å². The lowest BCUT2D eigenvalue weighted by Gasteiger charge is -2.16. The molecule has 1 rings (SSSR count). The molecule has 18 heavy (non-hydrogen) atoms. The van der Waals surface area contributed by atoms with E-state index in [1.165, 1.54) is 11.1 Å². The smallest absolute Gasteiger partial charge is 0.238 e. The highest BCUT2D eigenvalue weighted by Crippen LogP contribution is 2.13. The quantitative estimate of drug-likeness (QED) is 0.839. The predicted molar refractivity (Wildman–Crippen MR) is 77.0 cm³/mol. The van der Waals surface area contributed by atoms with Crippen LogP contribution in [-0.4, -0.2) is 30.9 Å². The van der Waals surface area contributed by atoms with Gasteiger partial charge in [-0.3, -0.25) is 9.69 Å². The number of nitrogens with zero attached hydrogens (tertiary/aromatic N) is 1. The Bertz CT molecular complexity index is 381. The number of amides is 1. The van der Waals surface area contributed by atoms with Crippen LogP contribution in [0.15, 0.2) is 18.2 Å². The number of nitrogens with one attached hydrogen (secondary N) is 1. The molecule has 1 aromatic carbocycles. The molecule has 1 amide bonds. The topological polar surface area (TPSA) is 32.3 Å². The van der Waals surface area contributed by atoms with E-state index in [9.17, 15) is 4.79 Å². The predicted octanol–water partition coefficient (Wildman–Crippen LogP) is 2.97. The molecule has 0 unspecified atom stereocenters. The number of carbonyl (C=O) groups is 1. The zero-order valence-corrected chi connectivity index (χ0v) is 11.9. The van der Waals surface area contributed by atoms with Gasteiger partial charge in [-0.1, -0.05) is 19.4 Å². The third kappa shape index (κ3) is 5.32. The summed E-state index contributed by atoms with van der Waals surface area (Å²) in [6.45, 7) is 7.65. The van der Waals surface area contributed by atoms with Crippen molar-refractivity contribution >= 4 is 11.6 Å². The highest BCUT2D eigenvalue weighted by atomic mass is 16.2. The summed E-state index contributed by atoms with van der Waals surface area (Å²) >= 11 is 0. The van der Waals surface area contributed by atoms with Crippen molar-refractivity contribution in [3.8, 4) is 0 Å². The Labute approximate surface area is 110 Å². The molecule has 0 fully saturated rings. The van der Waals surface area contributed by atoms with Crippen LogP contribution >= 0.6 is 0 Å². The van der Waals surface area contributed by atoms with Crippen LogP contribution in [0.4, 0.5) is 5.69 Å². The minimum absolute atomic E-state index is 0.0543. The first-order valence-electron chi connectivity index (χ1n) is 6.58. The fourth-order valence-electron chi connectivity index (χ4n) is 2.00. The Morgan fingerprint density at radius 1 is 1.22 bits per heavy atom. The molecule has 3 heteroatoms. The number of benzene rings is 1. The van der Waals surface area contributed by atoms with E-state index in [0.29, 0.717) is 6.54 Å². The maximum Gasteiger partial charge on any atom is 0.238 e. The molecular formula is C15H24N2O. The van der Waals surface area contributed by atoms with Gasteiger partial charge in [-0.25, -0.2) is 0 Å². The van der Waals surface area contributed by atoms with Crippen molar-refractivity contribution in [2.45, 2.75) is 33.6 Å². The molecule has 1 aromatic rings. The Kier molecular flexibility index (Phi) is 5.86. The van der Waals surface area contributed by atoms with Gasteiger partial charge in [0.05, 0.1) is 6.54 Å². The number of hydrogen-bond donors (Lipinski definition) is 1. The third-order valence-corrected chi connectivity index (χ3v) is 2.81. The van der Waals surface area contributed by atoms with Crippen molar-refractivity contribution in [3.63, 3.8) is 0 Å². The molecule has 0 bridgehead atoms. The number of rotatable bonds is 6. The number of likely N-dealkylation sites (N-methyl/N-ethyl adjacent to an activating group) is 1. The molecule has 0 aliphatic heterocycles. The molecule has 0 atom stereocenters. The van der Waals surface area contributed by atoms with Gasteiger partial charge in [0.2, 0.25) is 5.91 Å². The van der Waals surface area contributed by atoms with E-state index < -0.39 is 0 Å². The van der Waals surface area contributed by atoms with Gasteiger partial charge in [-0.2, -0.15) is 0 Å². The summed E-state index contributed by atoms with van der Waals surface area (Å²) in [6, 6.07) is 6.09. The second-order valence-corrected chi connectivity index (χ2v) is 5.02. The highest BCUT2D eigenvalue weighted by molar-refractivity contribution is 5.92. The summed E-state index contributed by atoms with van der Waals surface area (Å²) in [4.78, 5) is 13.9. The fourth-order valence-corrected chi connectivity index (χ4v) is 2.00. The largest absolute Gasteiger partial charge is 0.325 e. The minimum Gasteiger partial charge on any atom is -0.325 e. The second-order valence-electron chi connectivity index (χ2n) is 5.02. The average Bonchev–Trinajstić information content (AvgIpc) is 2.24. The first-order valence-corrected chi connectivity index (χ1v) is 6.58. The second kappa shape index (κ2) is 7.17. The van der Waals surface area contributed by atoms with Crippen molar-refractivity contribution < 1.29 is 4.79 Å². The van der Waals surface area contributed by atoms with Crippen LogP contribution in [-0.2, 0) is 4.79 Å². The van der Waals surface area contributed by atoms with Crippen LogP contribution < -0.4 is 5.32 Å². The molecule has 0 aliphatic carbocycles. The summed E-state index contributed by atoms with van der Waals surface area (Å²) in [7, 11) is 1.98. The Morgan fingerprint density at radius 2 is 1.83 bits per heavy atom. The van der Waals surface area contributed by atoms with Crippen molar-refractivity contribution in [3.05, 3.63) is 29.3 Å².